The highest BCUT2D eigenvalue weighted by atomic mass is 16.7. The van der Waals surface area contributed by atoms with Gasteiger partial charge in [0.15, 0.2) is 18.3 Å². The molecule has 12 N–H and O–H groups in total. The largest absolute Gasteiger partial charge is 0.394 e. The molecule has 14 aliphatic rings. The van der Waals surface area contributed by atoms with Crippen LogP contribution in [-0.4, -0.2) is 275 Å². The Bertz CT molecular complexity index is 3820. The average Bonchev–Trinajstić information content (AvgIpc) is 1.58. The maximum atomic E-state index is 13.2. The molecule has 0 radical (unpaired) electrons. The van der Waals surface area contributed by atoms with E-state index >= 15 is 0 Å². The van der Waals surface area contributed by atoms with Gasteiger partial charge in [-0.05, 0) is 123 Å². The van der Waals surface area contributed by atoms with Crippen molar-refractivity contribution in [1.82, 2.24) is 10.6 Å². The van der Waals surface area contributed by atoms with Crippen LogP contribution in [0.3, 0.4) is 0 Å². The zero-order chi connectivity index (χ0) is 76.9. The maximum Gasteiger partial charge on any atom is 0.219 e. The van der Waals surface area contributed by atoms with Crippen molar-refractivity contribution in [3.63, 3.8) is 0 Å². The van der Waals surface area contributed by atoms with Gasteiger partial charge in [-0.2, -0.15) is 4.58 Å². The number of nitrogens with one attached hydrogen (secondary N) is 2. The number of unbranched alkanes of at least 4 members (excludes halogenated alkanes) is 4. The molecule has 2 unspecified atom stereocenters. The highest BCUT2D eigenvalue weighted by Crippen LogP contribution is 2.51. The third-order valence-corrected chi connectivity index (χ3v) is 22.9. The Hall–Kier alpha value is -6.03. The van der Waals surface area contributed by atoms with Gasteiger partial charge in [-0.25, -0.2) is 0 Å². The molecule has 14 aliphatic heterocycles. The number of carbonyl (C=O) groups excluding carboxylic acids is 2. The summed E-state index contributed by atoms with van der Waals surface area (Å²) in [6, 6.07) is 25.9. The van der Waals surface area contributed by atoms with Crippen LogP contribution in [0, 0.1) is 0 Å². The van der Waals surface area contributed by atoms with Gasteiger partial charge in [0.1, 0.15) is 104 Å². The fourth-order valence-corrected chi connectivity index (χ4v) is 17.3. The average molecular weight is 1520 g/mol. The molecule has 26 heteroatoms. The maximum absolute atomic E-state index is 13.2. The smallest absolute Gasteiger partial charge is 0.219 e. The molecule has 0 saturated carbocycles. The third kappa shape index (κ3) is 18.6. The first kappa shape index (κ1) is 82.4. The number of nitrogens with zero attached hydrogens (tertiary/aromatic N) is 2. The number of aliphatic hydroxyl groups excluding tert-OH is 10. The predicted molar refractivity (Wildman–Crippen MR) is 405 cm³/mol. The van der Waals surface area contributed by atoms with Crippen molar-refractivity contribution in [3.8, 4) is 0 Å². The van der Waals surface area contributed by atoms with Crippen molar-refractivity contribution < 1.29 is 113 Å². The molecule has 0 aromatic heterocycles. The zero-order valence-electron chi connectivity index (χ0n) is 63.2. The number of anilines is 1. The Morgan fingerprint density at radius 1 is 0.514 bits per heavy atom. The van der Waals surface area contributed by atoms with Crippen LogP contribution >= 0.6 is 0 Å². The Labute approximate surface area is 637 Å². The Morgan fingerprint density at radius 2 is 1.04 bits per heavy atom. The molecule has 12 fully saturated rings. The SMILES string of the molecule is CC1(C)C(/C=C/C=C/C=C/C=C2/N(CCCCCC(=O)NCCCO[C@@H]3[C@@H](O)[C@@H]4OC5O[C@H](CO)[C@@H](OCCC[C@H]3O[C@@H]4CO)[C@H](O)[C@H]5O)c3ccc4ccccc4c3C2(C)C)=[N+](CCCCCC(=O)NCCCO[C@H]2[C@H]3OC4[C@@H](CO)O[C@H](CCCO[C@@H]([C@@H]2O)[C@@H](CO)O3)[C@H](O)[C@H]4O)c2ccc3ccccc3c21. The number of hydrogen-bond donors (Lipinski definition) is 12. The van der Waals surface area contributed by atoms with Crippen LogP contribution in [0.2, 0.25) is 0 Å². The van der Waals surface area contributed by atoms with E-state index in [1.54, 1.807) is 0 Å². The molecule has 18 rings (SSSR count). The van der Waals surface area contributed by atoms with Gasteiger partial charge in [0, 0.05) is 99.8 Å². The molecule has 598 valence electrons. The third-order valence-electron chi connectivity index (χ3n) is 22.9. The molecule has 20 atom stereocenters. The number of aliphatic hydroxyl groups is 10. The van der Waals surface area contributed by atoms with Crippen molar-refractivity contribution in [2.75, 3.05) is 83.9 Å². The van der Waals surface area contributed by atoms with Gasteiger partial charge in [0.25, 0.3) is 0 Å². The van der Waals surface area contributed by atoms with Crippen LogP contribution in [0.5, 0.6) is 0 Å². The minimum atomic E-state index is -1.57. The first-order valence-corrected chi connectivity index (χ1v) is 39.4. The molecule has 14 heterocycles. The number of amides is 2. The predicted octanol–water partition coefficient (Wildman–Crippen LogP) is 4.87. The second kappa shape index (κ2) is 38.2. The monoisotopic (exact) mass is 1520 g/mol. The molecular formula is C83H115N4O22+. The van der Waals surface area contributed by atoms with Gasteiger partial charge >= 0.3 is 0 Å². The summed E-state index contributed by atoms with van der Waals surface area (Å²) in [7, 11) is 0. The summed E-state index contributed by atoms with van der Waals surface area (Å²) >= 11 is 0. The summed E-state index contributed by atoms with van der Waals surface area (Å²) in [6.45, 7) is 9.86. The van der Waals surface area contributed by atoms with E-state index in [-0.39, 0.29) is 49.1 Å². The number of ether oxygens (including phenoxy) is 10. The summed E-state index contributed by atoms with van der Waals surface area (Å²) in [4.78, 5) is 28.9. The van der Waals surface area contributed by atoms with Crippen LogP contribution in [0.1, 0.15) is 129 Å². The second-order valence-corrected chi connectivity index (χ2v) is 31.0. The van der Waals surface area contributed by atoms with Crippen molar-refractivity contribution in [3.05, 3.63) is 132 Å². The topological polar surface area (TPSA) is 359 Å². The second-order valence-electron chi connectivity index (χ2n) is 31.0. The van der Waals surface area contributed by atoms with Crippen molar-refractivity contribution in [2.24, 2.45) is 0 Å². The number of rotatable bonds is 30. The van der Waals surface area contributed by atoms with Gasteiger partial charge in [-0.1, -0.05) is 105 Å². The summed E-state index contributed by atoms with van der Waals surface area (Å²) in [5.41, 5.74) is 6.67. The van der Waals surface area contributed by atoms with Crippen LogP contribution in [0.4, 0.5) is 11.4 Å². The minimum absolute atomic E-state index is 0.0643. The fraction of sp³-hybridized carbons (Fsp3) is 0.627. The number of benzene rings is 4. The van der Waals surface area contributed by atoms with Gasteiger partial charge in [-0.15, -0.1) is 0 Å². The van der Waals surface area contributed by atoms with Crippen LogP contribution < -0.4 is 15.5 Å². The lowest BCUT2D eigenvalue weighted by Gasteiger charge is -2.47. The Kier molecular flexibility index (Phi) is 28.9. The van der Waals surface area contributed by atoms with Gasteiger partial charge < -0.3 is 114 Å². The van der Waals surface area contributed by atoms with Crippen molar-refractivity contribution >= 4 is 50.4 Å². The lowest BCUT2D eigenvalue weighted by atomic mass is 9.79. The van der Waals surface area contributed by atoms with Crippen LogP contribution in [0.25, 0.3) is 21.5 Å². The number of hydrogen-bond acceptors (Lipinski definition) is 23. The minimum Gasteiger partial charge on any atom is -0.394 e. The normalized spacial score (nSPS) is 32.9. The lowest BCUT2D eigenvalue weighted by Crippen LogP contribution is -2.65. The first-order valence-electron chi connectivity index (χ1n) is 39.4. The van der Waals surface area contributed by atoms with Gasteiger partial charge in [0.2, 0.25) is 17.5 Å². The fourth-order valence-electron chi connectivity index (χ4n) is 17.3. The molecule has 109 heavy (non-hydrogen) atoms. The molecular weight excluding hydrogens is 1400 g/mol. The van der Waals surface area contributed by atoms with E-state index in [2.05, 4.69) is 163 Å². The van der Waals surface area contributed by atoms with E-state index in [0.717, 1.165) is 38.8 Å². The number of fused-ring (bicyclic) bond motifs is 6. The number of carbonyl (C=O) groups is 2. The van der Waals surface area contributed by atoms with Gasteiger partial charge in [0.05, 0.1) is 44.1 Å². The Balaban J connectivity index is 0.618. The molecule has 12 saturated heterocycles. The molecule has 8 bridgehead atoms. The van der Waals surface area contributed by atoms with E-state index in [4.69, 9.17) is 47.4 Å². The quantitative estimate of drug-likeness (QED) is 0.0188. The highest BCUT2D eigenvalue weighted by molar-refractivity contribution is 6.07. The summed E-state index contributed by atoms with van der Waals surface area (Å²) in [6.07, 6.45) is -0.274. The first-order chi connectivity index (χ1) is 52.8. The molecule has 4 aromatic carbocycles. The summed E-state index contributed by atoms with van der Waals surface area (Å²) in [5.74, 6) is -0.151. The number of allylic oxidation sites excluding steroid dienone is 8. The molecule has 26 nitrogen and oxygen atoms in total. The zero-order valence-corrected chi connectivity index (χ0v) is 63.2. The van der Waals surface area contributed by atoms with E-state index < -0.39 is 149 Å². The summed E-state index contributed by atoms with van der Waals surface area (Å²) < 4.78 is 62.8. The van der Waals surface area contributed by atoms with Gasteiger partial charge in [-0.3, -0.25) is 9.59 Å². The highest BCUT2D eigenvalue weighted by Gasteiger charge is 2.55. The lowest BCUT2D eigenvalue weighted by molar-refractivity contribution is -0.438. The standard InChI is InChI=1S/C83H114N4O22/c1-82(2)62(86(54-36-34-50-24-14-16-26-52(50)66(54)82)40-18-8-12-32-64(92)84-38-22-44-102-74-57-29-21-43-100-75-58(46-88)106-80(71(97)70(75)96)108-78(72(74)98)61(49-91)105-57)30-10-6-5-7-11-31-63-83(3,4)67-53-27-17-15-25-51(53)35-37-55(67)87(63)41-19-9-13-33-65(93)85-39-23-45-103-79-73(99)76-59(47-89)107-81(79)109-77-60(48-90)104-56(28-20-42-101-76)68(94)69(77)95/h5-7,10-11,14-17,24-27,30-31,34-37,56-61,68-81,88-91,94-99H,8-9,12-13,18-23,28-29,32-33,38-49H2,1-4H3,(H-,84,85,92,93)/p+1/t56-,57-,58-,59-,60-,61-,68+,69-,70-,71-,72-,73+,74+,75-,76-,77?,78-,79-,80?,81-/m1/s1. The van der Waals surface area contributed by atoms with E-state index in [1.165, 1.54) is 55.5 Å². The molecule has 0 aliphatic carbocycles. The van der Waals surface area contributed by atoms with E-state index in [1.807, 2.05) is 0 Å². The van der Waals surface area contributed by atoms with E-state index in [0.29, 0.717) is 77.3 Å². The van der Waals surface area contributed by atoms with E-state index in [9.17, 15) is 60.7 Å². The molecule has 0 spiro atoms. The Morgan fingerprint density at radius 3 is 1.70 bits per heavy atom. The van der Waals surface area contributed by atoms with Crippen molar-refractivity contribution in [2.45, 2.75) is 251 Å². The summed E-state index contributed by atoms with van der Waals surface area (Å²) in [5, 5.41) is 119. The van der Waals surface area contributed by atoms with Crippen molar-refractivity contribution in [1.29, 1.82) is 0 Å². The van der Waals surface area contributed by atoms with Crippen LogP contribution in [-0.2, 0) is 67.8 Å². The van der Waals surface area contributed by atoms with Crippen LogP contribution in [0.15, 0.2) is 121 Å². The molecule has 2 amide bonds. The molecule has 4 aromatic rings.